The molecule has 0 unspecified atom stereocenters. The molecular formula is C11H21N5O. The molecule has 1 aromatic rings. The number of nitrogens with two attached hydrogens (primary N) is 1. The van der Waals surface area contributed by atoms with Crippen LogP contribution in [-0.2, 0) is 11.8 Å². The van der Waals surface area contributed by atoms with Gasteiger partial charge in [0.25, 0.3) is 0 Å². The van der Waals surface area contributed by atoms with Gasteiger partial charge in [-0.05, 0) is 5.92 Å². The van der Waals surface area contributed by atoms with E-state index in [1.54, 1.807) is 4.68 Å². The van der Waals surface area contributed by atoms with Gasteiger partial charge in [0.2, 0.25) is 5.91 Å². The Morgan fingerprint density at radius 2 is 2.12 bits per heavy atom. The van der Waals surface area contributed by atoms with Gasteiger partial charge in [-0.25, -0.2) is 0 Å². The second-order valence-corrected chi connectivity index (χ2v) is 4.34. The maximum Gasteiger partial charge on any atom is 0.216 e. The zero-order valence-electron chi connectivity index (χ0n) is 10.9. The van der Waals surface area contributed by atoms with Gasteiger partial charge in [-0.3, -0.25) is 9.48 Å². The summed E-state index contributed by atoms with van der Waals surface area (Å²) in [5.74, 6) is 1.07. The molecule has 0 radical (unpaired) electrons. The Kier molecular flexibility index (Phi) is 4.37. The average molecular weight is 239 g/mol. The molecule has 17 heavy (non-hydrogen) atoms. The third-order valence-corrected chi connectivity index (χ3v) is 2.45. The van der Waals surface area contributed by atoms with Crippen LogP contribution in [0.5, 0.6) is 0 Å². The van der Waals surface area contributed by atoms with Crippen LogP contribution in [0.15, 0.2) is 0 Å². The van der Waals surface area contributed by atoms with Crippen molar-refractivity contribution in [1.82, 2.24) is 15.1 Å². The largest absolute Gasteiger partial charge is 0.394 e. The second kappa shape index (κ2) is 5.56. The standard InChI is InChI=1S/C11H21N5O/c1-7(2)10-9(12)11(16(4)15-10)14-6-5-13-8(3)17/h7,14H,5-6,12H2,1-4H3,(H,13,17). The van der Waals surface area contributed by atoms with E-state index in [2.05, 4.69) is 29.6 Å². The van der Waals surface area contributed by atoms with E-state index in [1.807, 2.05) is 7.05 Å². The lowest BCUT2D eigenvalue weighted by atomic mass is 10.1. The number of aryl methyl sites for hydroxylation is 1. The van der Waals surface area contributed by atoms with Gasteiger partial charge in [0.05, 0.1) is 11.4 Å². The molecule has 0 bridgehead atoms. The smallest absolute Gasteiger partial charge is 0.216 e. The molecule has 1 amide bonds. The minimum absolute atomic E-state index is 0.0346. The first-order valence-corrected chi connectivity index (χ1v) is 5.74. The molecule has 6 nitrogen and oxygen atoms in total. The van der Waals surface area contributed by atoms with E-state index in [1.165, 1.54) is 6.92 Å². The summed E-state index contributed by atoms with van der Waals surface area (Å²) in [5.41, 5.74) is 7.60. The van der Waals surface area contributed by atoms with Crippen LogP contribution in [0.25, 0.3) is 0 Å². The summed E-state index contributed by atoms with van der Waals surface area (Å²) in [7, 11) is 1.85. The number of nitrogens with zero attached hydrogens (tertiary/aromatic N) is 2. The Morgan fingerprint density at radius 1 is 1.47 bits per heavy atom. The summed E-state index contributed by atoms with van der Waals surface area (Å²) < 4.78 is 1.73. The summed E-state index contributed by atoms with van der Waals surface area (Å²) in [6.07, 6.45) is 0. The fourth-order valence-electron chi connectivity index (χ4n) is 1.62. The number of amides is 1. The fourth-order valence-corrected chi connectivity index (χ4v) is 1.62. The van der Waals surface area contributed by atoms with E-state index >= 15 is 0 Å². The monoisotopic (exact) mass is 239 g/mol. The number of carbonyl (C=O) groups is 1. The molecule has 1 rings (SSSR count). The van der Waals surface area contributed by atoms with E-state index in [0.29, 0.717) is 24.7 Å². The molecule has 0 aliphatic rings. The maximum atomic E-state index is 10.7. The fraction of sp³-hybridized carbons (Fsp3) is 0.636. The number of hydrogen-bond acceptors (Lipinski definition) is 4. The lowest BCUT2D eigenvalue weighted by Crippen LogP contribution is -2.26. The SMILES string of the molecule is CC(=O)NCCNc1c(N)c(C(C)C)nn1C. The molecule has 0 atom stereocenters. The molecule has 0 saturated heterocycles. The minimum Gasteiger partial charge on any atom is -0.394 e. The van der Waals surface area contributed by atoms with E-state index in [-0.39, 0.29) is 5.91 Å². The van der Waals surface area contributed by atoms with Gasteiger partial charge in [0.15, 0.2) is 0 Å². The van der Waals surface area contributed by atoms with Crippen molar-refractivity contribution in [3.63, 3.8) is 0 Å². The van der Waals surface area contributed by atoms with Crippen LogP contribution in [0.4, 0.5) is 11.5 Å². The predicted molar refractivity (Wildman–Crippen MR) is 68.9 cm³/mol. The van der Waals surface area contributed by atoms with E-state index in [0.717, 1.165) is 11.5 Å². The molecule has 1 aromatic heterocycles. The van der Waals surface area contributed by atoms with Gasteiger partial charge >= 0.3 is 0 Å². The van der Waals surface area contributed by atoms with Crippen LogP contribution < -0.4 is 16.4 Å². The summed E-state index contributed by atoms with van der Waals surface area (Å²) in [4.78, 5) is 10.7. The molecule has 0 fully saturated rings. The quantitative estimate of drug-likeness (QED) is 0.659. The molecule has 0 aliphatic heterocycles. The highest BCUT2D eigenvalue weighted by Gasteiger charge is 2.15. The Hall–Kier alpha value is -1.72. The van der Waals surface area contributed by atoms with Crippen LogP contribution in [-0.4, -0.2) is 28.8 Å². The molecule has 6 heteroatoms. The Morgan fingerprint density at radius 3 is 2.59 bits per heavy atom. The zero-order chi connectivity index (χ0) is 13.0. The van der Waals surface area contributed by atoms with Crippen LogP contribution in [0.2, 0.25) is 0 Å². The normalized spacial score (nSPS) is 10.6. The lowest BCUT2D eigenvalue weighted by molar-refractivity contribution is -0.118. The van der Waals surface area contributed by atoms with Gasteiger partial charge < -0.3 is 16.4 Å². The average Bonchev–Trinajstić information content (AvgIpc) is 2.50. The van der Waals surface area contributed by atoms with Crippen LogP contribution in [0.3, 0.4) is 0 Å². The third-order valence-electron chi connectivity index (χ3n) is 2.45. The second-order valence-electron chi connectivity index (χ2n) is 4.34. The van der Waals surface area contributed by atoms with Crippen LogP contribution in [0.1, 0.15) is 32.4 Å². The Labute approximate surface area is 102 Å². The third kappa shape index (κ3) is 3.37. The van der Waals surface area contributed by atoms with E-state index in [4.69, 9.17) is 5.73 Å². The lowest BCUT2D eigenvalue weighted by Gasteiger charge is -2.08. The molecule has 0 spiro atoms. The summed E-state index contributed by atoms with van der Waals surface area (Å²) in [5, 5.41) is 10.3. The van der Waals surface area contributed by atoms with Crippen molar-refractivity contribution in [2.24, 2.45) is 7.05 Å². The van der Waals surface area contributed by atoms with Gasteiger partial charge in [0.1, 0.15) is 5.82 Å². The van der Waals surface area contributed by atoms with E-state index < -0.39 is 0 Å². The van der Waals surface area contributed by atoms with Gasteiger partial charge in [-0.2, -0.15) is 5.10 Å². The molecule has 0 saturated carbocycles. The first kappa shape index (κ1) is 13.3. The van der Waals surface area contributed by atoms with Crippen molar-refractivity contribution in [1.29, 1.82) is 0 Å². The Bertz CT molecular complexity index is 397. The van der Waals surface area contributed by atoms with Crippen molar-refractivity contribution in [2.45, 2.75) is 26.7 Å². The first-order valence-electron chi connectivity index (χ1n) is 5.74. The summed E-state index contributed by atoms with van der Waals surface area (Å²) in [6, 6.07) is 0. The number of nitrogens with one attached hydrogen (secondary N) is 2. The van der Waals surface area contributed by atoms with Crippen molar-refractivity contribution in [3.05, 3.63) is 5.69 Å². The number of rotatable bonds is 5. The first-order chi connectivity index (χ1) is 7.93. The number of aromatic nitrogens is 2. The zero-order valence-corrected chi connectivity index (χ0v) is 10.9. The van der Waals surface area contributed by atoms with Crippen LogP contribution in [0, 0.1) is 0 Å². The predicted octanol–water partition coefficient (Wildman–Crippen LogP) is 0.674. The highest BCUT2D eigenvalue weighted by atomic mass is 16.1. The van der Waals surface area contributed by atoms with Gasteiger partial charge in [-0.1, -0.05) is 13.8 Å². The highest BCUT2D eigenvalue weighted by Crippen LogP contribution is 2.27. The topological polar surface area (TPSA) is 85.0 Å². The molecule has 96 valence electrons. The highest BCUT2D eigenvalue weighted by molar-refractivity contribution is 5.72. The van der Waals surface area contributed by atoms with Crippen molar-refractivity contribution in [2.75, 3.05) is 24.1 Å². The van der Waals surface area contributed by atoms with Gasteiger partial charge in [-0.15, -0.1) is 0 Å². The summed E-state index contributed by atoms with van der Waals surface area (Å²) >= 11 is 0. The molecule has 0 aliphatic carbocycles. The Balaban J connectivity index is 2.62. The van der Waals surface area contributed by atoms with Crippen molar-refractivity contribution < 1.29 is 4.79 Å². The van der Waals surface area contributed by atoms with E-state index in [9.17, 15) is 4.79 Å². The maximum absolute atomic E-state index is 10.7. The van der Waals surface area contributed by atoms with Gasteiger partial charge in [0, 0.05) is 27.1 Å². The summed E-state index contributed by atoms with van der Waals surface area (Å²) in [6.45, 7) is 6.80. The van der Waals surface area contributed by atoms with Crippen molar-refractivity contribution >= 4 is 17.4 Å². The van der Waals surface area contributed by atoms with Crippen LogP contribution >= 0.6 is 0 Å². The molecule has 0 aromatic carbocycles. The number of nitrogen functional groups attached to an aromatic ring is 1. The number of carbonyl (C=O) groups excluding carboxylic acids is 1. The molecule has 1 heterocycles. The molecular weight excluding hydrogens is 218 g/mol. The van der Waals surface area contributed by atoms with Crippen molar-refractivity contribution in [3.8, 4) is 0 Å². The minimum atomic E-state index is -0.0346. The molecule has 4 N–H and O–H groups in total. The number of hydrogen-bond donors (Lipinski definition) is 3. The number of anilines is 2.